The molecular formula is C29H33N5O4. The maximum atomic E-state index is 14.1. The maximum Gasteiger partial charge on any atom is 0.249 e. The van der Waals surface area contributed by atoms with Crippen molar-refractivity contribution in [1.29, 1.82) is 0 Å². The lowest BCUT2D eigenvalue weighted by Crippen LogP contribution is -2.51. The summed E-state index contributed by atoms with van der Waals surface area (Å²) >= 11 is 0. The number of anilines is 1. The topological polar surface area (TPSA) is 98.6 Å². The summed E-state index contributed by atoms with van der Waals surface area (Å²) in [5, 5.41) is 11.5. The SMILES string of the molecule is CCC(C)(C)NC(=O)[C@H](c1cccc(OC)c1OC)N(C(=O)Cn1nnc2ccccc21)c1ccccc1. The van der Waals surface area contributed by atoms with Gasteiger partial charge in [-0.3, -0.25) is 14.5 Å². The first kappa shape index (κ1) is 26.7. The number of ether oxygens (including phenoxy) is 2. The molecule has 0 aliphatic carbocycles. The summed E-state index contributed by atoms with van der Waals surface area (Å²) in [5.74, 6) is 0.153. The van der Waals surface area contributed by atoms with Crippen molar-refractivity contribution in [3.8, 4) is 11.5 Å². The summed E-state index contributed by atoms with van der Waals surface area (Å²) in [5.41, 5.74) is 1.95. The fourth-order valence-electron chi connectivity index (χ4n) is 4.28. The van der Waals surface area contributed by atoms with Crippen molar-refractivity contribution >= 4 is 28.5 Å². The zero-order valence-electron chi connectivity index (χ0n) is 22.3. The quantitative estimate of drug-likeness (QED) is 0.333. The Morgan fingerprint density at radius 2 is 1.68 bits per heavy atom. The second kappa shape index (κ2) is 11.3. The minimum absolute atomic E-state index is 0.122. The lowest BCUT2D eigenvalue weighted by molar-refractivity contribution is -0.128. The minimum atomic E-state index is -1.06. The van der Waals surface area contributed by atoms with E-state index in [-0.39, 0.29) is 18.4 Å². The largest absolute Gasteiger partial charge is 0.493 e. The van der Waals surface area contributed by atoms with Crippen LogP contribution in [0, 0.1) is 0 Å². The first-order chi connectivity index (χ1) is 18.3. The van der Waals surface area contributed by atoms with Crippen LogP contribution < -0.4 is 19.7 Å². The number of nitrogens with one attached hydrogen (secondary N) is 1. The van der Waals surface area contributed by atoms with Gasteiger partial charge in [-0.2, -0.15) is 0 Å². The molecule has 4 rings (SSSR count). The Balaban J connectivity index is 1.88. The Kier molecular flexibility index (Phi) is 7.95. The Hall–Kier alpha value is -4.40. The Bertz CT molecular complexity index is 1420. The summed E-state index contributed by atoms with van der Waals surface area (Å²) in [6, 6.07) is 20.8. The summed E-state index contributed by atoms with van der Waals surface area (Å²) in [4.78, 5) is 29.7. The summed E-state index contributed by atoms with van der Waals surface area (Å²) in [6.07, 6.45) is 0.699. The molecule has 0 spiro atoms. The van der Waals surface area contributed by atoms with Crippen molar-refractivity contribution < 1.29 is 19.1 Å². The number of carbonyl (C=O) groups excluding carboxylic acids is 2. The number of hydrogen-bond donors (Lipinski definition) is 1. The Labute approximate surface area is 222 Å². The highest BCUT2D eigenvalue weighted by molar-refractivity contribution is 6.02. The molecule has 0 radical (unpaired) electrons. The van der Waals surface area contributed by atoms with E-state index in [9.17, 15) is 9.59 Å². The molecule has 1 aromatic heterocycles. The lowest BCUT2D eigenvalue weighted by Gasteiger charge is -2.35. The molecule has 1 atom stereocenters. The third-order valence-corrected chi connectivity index (χ3v) is 6.59. The van der Waals surface area contributed by atoms with Crippen LogP contribution in [0.25, 0.3) is 11.0 Å². The van der Waals surface area contributed by atoms with Gasteiger partial charge < -0.3 is 14.8 Å². The number of methoxy groups -OCH3 is 2. The molecule has 2 amide bonds. The van der Waals surface area contributed by atoms with Gasteiger partial charge in [0.05, 0.1) is 19.7 Å². The summed E-state index contributed by atoms with van der Waals surface area (Å²) in [7, 11) is 3.05. The maximum absolute atomic E-state index is 14.1. The predicted molar refractivity (Wildman–Crippen MR) is 146 cm³/mol. The molecule has 0 saturated heterocycles. The van der Waals surface area contributed by atoms with Crippen LogP contribution in [0.5, 0.6) is 11.5 Å². The van der Waals surface area contributed by atoms with Gasteiger partial charge >= 0.3 is 0 Å². The number of nitrogens with zero attached hydrogens (tertiary/aromatic N) is 4. The molecule has 0 unspecified atom stereocenters. The predicted octanol–water partition coefficient (Wildman–Crippen LogP) is 4.53. The van der Waals surface area contributed by atoms with Gasteiger partial charge in [0, 0.05) is 16.8 Å². The fourth-order valence-corrected chi connectivity index (χ4v) is 4.28. The number of aromatic nitrogens is 3. The van der Waals surface area contributed by atoms with Crippen molar-refractivity contribution in [2.75, 3.05) is 19.1 Å². The minimum Gasteiger partial charge on any atom is -0.493 e. The van der Waals surface area contributed by atoms with Crippen LogP contribution >= 0.6 is 0 Å². The highest BCUT2D eigenvalue weighted by Crippen LogP contribution is 2.39. The van der Waals surface area contributed by atoms with Gasteiger partial charge in [-0.1, -0.05) is 54.6 Å². The van der Waals surface area contributed by atoms with Crippen LogP contribution in [0.15, 0.2) is 72.8 Å². The zero-order valence-corrected chi connectivity index (χ0v) is 22.3. The standard InChI is InChI=1S/C29H33N5O4/c1-6-29(2,3)30-28(36)26(21-15-12-18-24(37-4)27(21)38-5)34(20-13-8-7-9-14-20)25(35)19-33-23-17-11-10-16-22(23)31-32-33/h7-18,26H,6,19H2,1-5H3,(H,30,36)/t26-/m0/s1. The van der Waals surface area contributed by atoms with Crippen molar-refractivity contribution in [3.05, 3.63) is 78.4 Å². The molecule has 0 saturated carbocycles. The third kappa shape index (κ3) is 5.46. The van der Waals surface area contributed by atoms with E-state index in [2.05, 4.69) is 15.6 Å². The molecule has 9 nitrogen and oxygen atoms in total. The van der Waals surface area contributed by atoms with E-state index in [1.807, 2.05) is 63.2 Å². The molecule has 1 N–H and O–H groups in total. The van der Waals surface area contributed by atoms with Crippen LogP contribution in [0.1, 0.15) is 38.8 Å². The molecule has 9 heteroatoms. The molecule has 1 heterocycles. The van der Waals surface area contributed by atoms with Crippen molar-refractivity contribution in [1.82, 2.24) is 20.3 Å². The number of amides is 2. The zero-order chi connectivity index (χ0) is 27.3. The van der Waals surface area contributed by atoms with Gasteiger partial charge in [-0.05, 0) is 50.6 Å². The average Bonchev–Trinajstić information content (AvgIpc) is 3.33. The van der Waals surface area contributed by atoms with Crippen LogP contribution in [-0.4, -0.2) is 46.6 Å². The van der Waals surface area contributed by atoms with Gasteiger partial charge in [-0.15, -0.1) is 5.10 Å². The van der Waals surface area contributed by atoms with Gasteiger partial charge in [0.15, 0.2) is 11.5 Å². The van der Waals surface area contributed by atoms with Crippen LogP contribution in [0.3, 0.4) is 0 Å². The fraction of sp³-hybridized carbons (Fsp3) is 0.310. The lowest BCUT2D eigenvalue weighted by atomic mass is 9.97. The normalized spacial score (nSPS) is 12.1. The number of para-hydroxylation sites is 3. The van der Waals surface area contributed by atoms with Crippen molar-refractivity contribution in [2.24, 2.45) is 0 Å². The Morgan fingerprint density at radius 3 is 2.37 bits per heavy atom. The molecule has 198 valence electrons. The molecule has 0 fully saturated rings. The number of fused-ring (bicyclic) bond motifs is 1. The first-order valence-corrected chi connectivity index (χ1v) is 12.5. The smallest absolute Gasteiger partial charge is 0.249 e. The van der Waals surface area contributed by atoms with E-state index < -0.39 is 11.6 Å². The molecule has 3 aromatic carbocycles. The molecule has 4 aromatic rings. The second-order valence-corrected chi connectivity index (χ2v) is 9.55. The first-order valence-electron chi connectivity index (χ1n) is 12.5. The van der Waals surface area contributed by atoms with Crippen LogP contribution in [0.2, 0.25) is 0 Å². The highest BCUT2D eigenvalue weighted by Gasteiger charge is 2.37. The summed E-state index contributed by atoms with van der Waals surface area (Å²) < 4.78 is 12.8. The number of hydrogen-bond acceptors (Lipinski definition) is 6. The highest BCUT2D eigenvalue weighted by atomic mass is 16.5. The van der Waals surface area contributed by atoms with E-state index in [1.54, 1.807) is 35.0 Å². The van der Waals surface area contributed by atoms with Gasteiger partial charge in [0.1, 0.15) is 18.1 Å². The van der Waals surface area contributed by atoms with E-state index in [1.165, 1.54) is 19.1 Å². The molecular weight excluding hydrogens is 482 g/mol. The van der Waals surface area contributed by atoms with E-state index in [0.29, 0.717) is 34.7 Å². The van der Waals surface area contributed by atoms with Crippen LogP contribution in [0.4, 0.5) is 5.69 Å². The van der Waals surface area contributed by atoms with E-state index in [4.69, 9.17) is 9.47 Å². The van der Waals surface area contributed by atoms with Gasteiger partial charge in [0.25, 0.3) is 0 Å². The Morgan fingerprint density at radius 1 is 0.974 bits per heavy atom. The van der Waals surface area contributed by atoms with Gasteiger partial charge in [-0.25, -0.2) is 4.68 Å². The third-order valence-electron chi connectivity index (χ3n) is 6.59. The molecule has 38 heavy (non-hydrogen) atoms. The average molecular weight is 516 g/mol. The van der Waals surface area contributed by atoms with E-state index in [0.717, 1.165) is 5.52 Å². The van der Waals surface area contributed by atoms with E-state index >= 15 is 0 Å². The number of carbonyl (C=O) groups is 2. The molecule has 0 aliphatic rings. The number of rotatable bonds is 10. The summed E-state index contributed by atoms with van der Waals surface area (Å²) in [6.45, 7) is 5.77. The van der Waals surface area contributed by atoms with Crippen molar-refractivity contribution in [3.63, 3.8) is 0 Å². The number of benzene rings is 3. The van der Waals surface area contributed by atoms with Crippen LogP contribution in [-0.2, 0) is 16.1 Å². The monoisotopic (exact) mass is 515 g/mol. The van der Waals surface area contributed by atoms with Crippen molar-refractivity contribution in [2.45, 2.75) is 45.3 Å². The second-order valence-electron chi connectivity index (χ2n) is 9.55. The molecule has 0 aliphatic heterocycles. The van der Waals surface area contributed by atoms with Gasteiger partial charge in [0.2, 0.25) is 11.8 Å². The molecule has 0 bridgehead atoms.